The fraction of sp³-hybridized carbons (Fsp3) is 0.538. The third-order valence-electron chi connectivity index (χ3n) is 3.56. The Morgan fingerprint density at radius 3 is 2.94 bits per heavy atom. The maximum atomic E-state index is 13.2. The van der Waals surface area contributed by atoms with Crippen molar-refractivity contribution in [1.82, 2.24) is 0 Å². The summed E-state index contributed by atoms with van der Waals surface area (Å²) in [7, 11) is 1.63. The van der Waals surface area contributed by atoms with Crippen molar-refractivity contribution < 1.29 is 13.9 Å². The highest BCUT2D eigenvalue weighted by molar-refractivity contribution is 5.39. The van der Waals surface area contributed by atoms with Gasteiger partial charge >= 0.3 is 0 Å². The van der Waals surface area contributed by atoms with Gasteiger partial charge in [-0.25, -0.2) is 4.39 Å². The van der Waals surface area contributed by atoms with E-state index in [1.54, 1.807) is 13.2 Å². The molecular formula is C13H18FNO2. The van der Waals surface area contributed by atoms with Crippen LogP contribution in [0.1, 0.15) is 31.9 Å². The summed E-state index contributed by atoms with van der Waals surface area (Å²) < 4.78 is 24.4. The summed E-state index contributed by atoms with van der Waals surface area (Å²) in [6.07, 6.45) is 0.547. The molecule has 4 heteroatoms. The maximum absolute atomic E-state index is 13.2. The molecule has 0 spiro atoms. The Balaban J connectivity index is 2.37. The standard InChI is InChI=1S/C13H18FNO2/c1-8(16-3)13(2)7-11(15)10-5-4-9(14)6-12(10)17-13/h4-6,8,11H,7,15H2,1-3H3/t8?,11-,13?/m1/s1. The molecule has 3 nitrogen and oxygen atoms in total. The van der Waals surface area contributed by atoms with Crippen molar-refractivity contribution in [2.45, 2.75) is 38.0 Å². The molecule has 0 bridgehead atoms. The number of nitrogens with two attached hydrogens (primary N) is 1. The zero-order chi connectivity index (χ0) is 12.6. The Morgan fingerprint density at radius 1 is 1.59 bits per heavy atom. The van der Waals surface area contributed by atoms with Crippen molar-refractivity contribution in [3.05, 3.63) is 29.6 Å². The normalized spacial score (nSPS) is 29.4. The fourth-order valence-electron chi connectivity index (χ4n) is 2.24. The Morgan fingerprint density at radius 2 is 2.29 bits per heavy atom. The molecule has 1 aromatic rings. The SMILES string of the molecule is COC(C)C1(C)C[C@@H](N)c2ccc(F)cc2O1. The molecule has 3 atom stereocenters. The van der Waals surface area contributed by atoms with Crippen LogP contribution in [0.3, 0.4) is 0 Å². The van der Waals surface area contributed by atoms with Crippen LogP contribution in [0.2, 0.25) is 0 Å². The molecule has 2 rings (SSSR count). The molecule has 1 heterocycles. The van der Waals surface area contributed by atoms with Crippen molar-refractivity contribution in [3.63, 3.8) is 0 Å². The lowest BCUT2D eigenvalue weighted by Crippen LogP contribution is -2.49. The topological polar surface area (TPSA) is 44.5 Å². The highest BCUT2D eigenvalue weighted by Gasteiger charge is 2.40. The van der Waals surface area contributed by atoms with Crippen LogP contribution >= 0.6 is 0 Å². The van der Waals surface area contributed by atoms with Crippen LogP contribution < -0.4 is 10.5 Å². The van der Waals surface area contributed by atoms with Crippen LogP contribution in [0.15, 0.2) is 18.2 Å². The molecule has 0 fully saturated rings. The molecule has 17 heavy (non-hydrogen) atoms. The van der Waals surface area contributed by atoms with E-state index in [0.717, 1.165) is 5.56 Å². The Kier molecular flexibility index (Phi) is 3.10. The van der Waals surface area contributed by atoms with Gasteiger partial charge in [0.1, 0.15) is 17.2 Å². The summed E-state index contributed by atoms with van der Waals surface area (Å²) in [6.45, 7) is 3.87. The van der Waals surface area contributed by atoms with E-state index in [1.165, 1.54) is 12.1 Å². The lowest BCUT2D eigenvalue weighted by atomic mass is 9.85. The van der Waals surface area contributed by atoms with E-state index in [-0.39, 0.29) is 18.0 Å². The summed E-state index contributed by atoms with van der Waals surface area (Å²) >= 11 is 0. The van der Waals surface area contributed by atoms with Gasteiger partial charge in [-0.2, -0.15) is 0 Å². The molecule has 1 aromatic carbocycles. The van der Waals surface area contributed by atoms with E-state index in [2.05, 4.69) is 0 Å². The molecule has 0 aromatic heterocycles. The minimum absolute atomic E-state index is 0.107. The third kappa shape index (κ3) is 2.15. The van der Waals surface area contributed by atoms with Crippen molar-refractivity contribution in [3.8, 4) is 5.75 Å². The molecule has 0 amide bonds. The molecule has 0 radical (unpaired) electrons. The fourth-order valence-corrected chi connectivity index (χ4v) is 2.24. The summed E-state index contributed by atoms with van der Waals surface area (Å²) in [4.78, 5) is 0. The lowest BCUT2D eigenvalue weighted by Gasteiger charge is -2.41. The molecule has 2 unspecified atom stereocenters. The second kappa shape index (κ2) is 4.27. The van der Waals surface area contributed by atoms with Gasteiger partial charge in [-0.05, 0) is 19.9 Å². The van der Waals surface area contributed by atoms with Gasteiger partial charge in [-0.15, -0.1) is 0 Å². The molecule has 0 aliphatic carbocycles. The monoisotopic (exact) mass is 239 g/mol. The third-order valence-corrected chi connectivity index (χ3v) is 3.56. The van der Waals surface area contributed by atoms with Crippen molar-refractivity contribution in [2.75, 3.05) is 7.11 Å². The molecule has 0 saturated carbocycles. The lowest BCUT2D eigenvalue weighted by molar-refractivity contribution is -0.0708. The zero-order valence-electron chi connectivity index (χ0n) is 10.4. The first kappa shape index (κ1) is 12.3. The predicted molar refractivity (Wildman–Crippen MR) is 63.4 cm³/mol. The van der Waals surface area contributed by atoms with Crippen LogP contribution in [-0.2, 0) is 4.74 Å². The minimum Gasteiger partial charge on any atom is -0.484 e. The number of fused-ring (bicyclic) bond motifs is 1. The second-order valence-electron chi connectivity index (χ2n) is 4.79. The molecular weight excluding hydrogens is 221 g/mol. The summed E-state index contributed by atoms with van der Waals surface area (Å²) in [6, 6.07) is 4.33. The van der Waals surface area contributed by atoms with Crippen molar-refractivity contribution >= 4 is 0 Å². The van der Waals surface area contributed by atoms with Gasteiger partial charge in [0.05, 0.1) is 6.10 Å². The largest absolute Gasteiger partial charge is 0.484 e. The number of hydrogen-bond donors (Lipinski definition) is 1. The Hall–Kier alpha value is -1.13. The molecule has 0 saturated heterocycles. The Bertz CT molecular complexity index is 424. The van der Waals surface area contributed by atoms with Crippen LogP contribution in [0.4, 0.5) is 4.39 Å². The van der Waals surface area contributed by atoms with Crippen LogP contribution in [0.25, 0.3) is 0 Å². The van der Waals surface area contributed by atoms with Crippen molar-refractivity contribution in [2.24, 2.45) is 5.73 Å². The summed E-state index contributed by atoms with van der Waals surface area (Å²) in [5.74, 6) is 0.209. The predicted octanol–water partition coefficient (Wildman–Crippen LogP) is 2.40. The van der Waals surface area contributed by atoms with Gasteiger partial charge in [0.2, 0.25) is 0 Å². The first-order chi connectivity index (χ1) is 7.96. The highest BCUT2D eigenvalue weighted by Crippen LogP contribution is 2.40. The first-order valence-electron chi connectivity index (χ1n) is 5.73. The average molecular weight is 239 g/mol. The van der Waals surface area contributed by atoms with Gasteiger partial charge in [0, 0.05) is 31.2 Å². The van der Waals surface area contributed by atoms with Crippen LogP contribution in [-0.4, -0.2) is 18.8 Å². The Labute approximate surface area is 101 Å². The van der Waals surface area contributed by atoms with E-state index in [1.807, 2.05) is 13.8 Å². The number of hydrogen-bond acceptors (Lipinski definition) is 3. The van der Waals surface area contributed by atoms with Gasteiger partial charge in [0.15, 0.2) is 0 Å². The molecule has 1 aliphatic heterocycles. The number of methoxy groups -OCH3 is 1. The van der Waals surface area contributed by atoms with E-state index in [4.69, 9.17) is 15.2 Å². The summed E-state index contributed by atoms with van der Waals surface area (Å²) in [5, 5.41) is 0. The molecule has 2 N–H and O–H groups in total. The molecule has 1 aliphatic rings. The number of benzene rings is 1. The zero-order valence-corrected chi connectivity index (χ0v) is 10.4. The first-order valence-corrected chi connectivity index (χ1v) is 5.73. The highest BCUT2D eigenvalue weighted by atomic mass is 19.1. The number of halogens is 1. The quantitative estimate of drug-likeness (QED) is 0.862. The average Bonchev–Trinajstić information content (AvgIpc) is 2.26. The van der Waals surface area contributed by atoms with E-state index < -0.39 is 5.60 Å². The smallest absolute Gasteiger partial charge is 0.134 e. The van der Waals surface area contributed by atoms with Gasteiger partial charge in [-0.1, -0.05) is 6.07 Å². The number of rotatable bonds is 2. The summed E-state index contributed by atoms with van der Waals surface area (Å²) in [5.41, 5.74) is 6.44. The van der Waals surface area contributed by atoms with E-state index in [9.17, 15) is 4.39 Å². The minimum atomic E-state index is -0.519. The van der Waals surface area contributed by atoms with Crippen molar-refractivity contribution in [1.29, 1.82) is 0 Å². The van der Waals surface area contributed by atoms with E-state index >= 15 is 0 Å². The van der Waals surface area contributed by atoms with Crippen LogP contribution in [0.5, 0.6) is 5.75 Å². The number of ether oxygens (including phenoxy) is 2. The molecule has 94 valence electrons. The second-order valence-corrected chi connectivity index (χ2v) is 4.79. The maximum Gasteiger partial charge on any atom is 0.134 e. The van der Waals surface area contributed by atoms with Gasteiger partial charge < -0.3 is 15.2 Å². The van der Waals surface area contributed by atoms with Crippen LogP contribution in [0, 0.1) is 5.82 Å². The van der Waals surface area contributed by atoms with Gasteiger partial charge in [0.25, 0.3) is 0 Å². The van der Waals surface area contributed by atoms with E-state index in [0.29, 0.717) is 12.2 Å². The van der Waals surface area contributed by atoms with Gasteiger partial charge in [-0.3, -0.25) is 0 Å².